The molecule has 1 atom stereocenters. The molecule has 3 aromatic heterocycles. The molecule has 0 bridgehead atoms. The Morgan fingerprint density at radius 1 is 0.907 bits per heavy atom. The van der Waals surface area contributed by atoms with Gasteiger partial charge in [-0.05, 0) is 59.6 Å². The van der Waals surface area contributed by atoms with Crippen LogP contribution in [0.3, 0.4) is 0 Å². The number of hydrogen-bond donors (Lipinski definition) is 3. The van der Waals surface area contributed by atoms with Gasteiger partial charge in [0.25, 0.3) is 11.8 Å². The fourth-order valence-electron chi connectivity index (χ4n) is 6.44. The van der Waals surface area contributed by atoms with E-state index in [9.17, 15) is 9.59 Å². The van der Waals surface area contributed by atoms with Crippen LogP contribution in [0.2, 0.25) is 0 Å². The summed E-state index contributed by atoms with van der Waals surface area (Å²) in [5.41, 5.74) is 8.63. The lowest BCUT2D eigenvalue weighted by Gasteiger charge is -2.32. The molecule has 212 valence electrons. The molecule has 8 rings (SSSR count). The molecule has 9 heteroatoms. The number of imidazole rings is 1. The van der Waals surface area contributed by atoms with Crippen LogP contribution >= 0.6 is 0 Å². The number of rotatable bonds is 4. The summed E-state index contributed by atoms with van der Waals surface area (Å²) in [6.07, 6.45) is 3.44. The average Bonchev–Trinajstić information content (AvgIpc) is 3.77. The molecule has 2 amide bonds. The first-order valence-corrected chi connectivity index (χ1v) is 14.5. The summed E-state index contributed by atoms with van der Waals surface area (Å²) in [4.78, 5) is 46.8. The summed E-state index contributed by atoms with van der Waals surface area (Å²) >= 11 is 0. The minimum atomic E-state index is -0.321. The third kappa shape index (κ3) is 4.20. The van der Waals surface area contributed by atoms with Crippen molar-refractivity contribution in [2.75, 3.05) is 33.2 Å². The largest absolute Gasteiger partial charge is 0.346 e. The molecule has 9 nitrogen and oxygen atoms in total. The van der Waals surface area contributed by atoms with E-state index >= 15 is 0 Å². The van der Waals surface area contributed by atoms with Crippen LogP contribution in [0.15, 0.2) is 85.2 Å². The van der Waals surface area contributed by atoms with E-state index < -0.39 is 0 Å². The van der Waals surface area contributed by atoms with Gasteiger partial charge in [-0.2, -0.15) is 0 Å². The number of fused-ring (bicyclic) bond motifs is 5. The smallest absolute Gasteiger partial charge is 0.254 e. The fraction of sp³-hybridized carbons (Fsp3) is 0.176. The number of aromatic amines is 2. The topological polar surface area (TPSA) is 110 Å². The second-order valence-electron chi connectivity index (χ2n) is 11.3. The number of carbonyl (C=O) groups excluding carboxylic acids is 2. The summed E-state index contributed by atoms with van der Waals surface area (Å²) < 4.78 is 0. The van der Waals surface area contributed by atoms with E-state index in [0.29, 0.717) is 16.8 Å². The van der Waals surface area contributed by atoms with Gasteiger partial charge in [-0.25, -0.2) is 9.97 Å². The number of likely N-dealkylation sites (N-methyl/N-ethyl adjacent to an activating group) is 1. The second-order valence-corrected chi connectivity index (χ2v) is 11.3. The van der Waals surface area contributed by atoms with E-state index in [4.69, 9.17) is 4.98 Å². The lowest BCUT2D eigenvalue weighted by molar-refractivity contribution is 0.0664. The first kappa shape index (κ1) is 25.4. The molecule has 1 aliphatic carbocycles. The number of pyridine rings is 1. The number of piperazine rings is 1. The van der Waals surface area contributed by atoms with Crippen molar-refractivity contribution in [3.05, 3.63) is 107 Å². The van der Waals surface area contributed by atoms with Crippen molar-refractivity contribution in [1.29, 1.82) is 0 Å². The van der Waals surface area contributed by atoms with E-state index in [1.54, 1.807) is 18.5 Å². The number of aromatic nitrogens is 4. The van der Waals surface area contributed by atoms with Gasteiger partial charge in [0.2, 0.25) is 0 Å². The maximum atomic E-state index is 13.6. The zero-order valence-electron chi connectivity index (χ0n) is 23.6. The van der Waals surface area contributed by atoms with Crippen molar-refractivity contribution in [2.24, 2.45) is 0 Å². The van der Waals surface area contributed by atoms with Crippen molar-refractivity contribution in [3.8, 4) is 22.5 Å². The van der Waals surface area contributed by atoms with Gasteiger partial charge in [-0.1, -0.05) is 42.5 Å². The molecule has 0 saturated carbocycles. The molecule has 43 heavy (non-hydrogen) atoms. The van der Waals surface area contributed by atoms with Crippen molar-refractivity contribution < 1.29 is 9.59 Å². The number of carbonyl (C=O) groups is 2. The quantitative estimate of drug-likeness (QED) is 0.278. The fourth-order valence-corrected chi connectivity index (χ4v) is 6.44. The maximum Gasteiger partial charge on any atom is 0.254 e. The van der Waals surface area contributed by atoms with Gasteiger partial charge in [-0.15, -0.1) is 0 Å². The number of benzene rings is 3. The Hall–Kier alpha value is -5.28. The summed E-state index contributed by atoms with van der Waals surface area (Å²) in [6.45, 7) is 3.21. The van der Waals surface area contributed by atoms with Crippen molar-refractivity contribution >= 4 is 33.9 Å². The van der Waals surface area contributed by atoms with Gasteiger partial charge < -0.3 is 25.1 Å². The van der Waals surface area contributed by atoms with Crippen molar-refractivity contribution in [1.82, 2.24) is 35.1 Å². The van der Waals surface area contributed by atoms with E-state index in [2.05, 4.69) is 56.5 Å². The Bertz CT molecular complexity index is 2050. The van der Waals surface area contributed by atoms with E-state index in [1.807, 2.05) is 47.4 Å². The number of amides is 2. The number of H-pyrrole nitrogens is 2. The van der Waals surface area contributed by atoms with Crippen LogP contribution in [0.25, 0.3) is 44.6 Å². The minimum absolute atomic E-state index is 0.0466. The molecule has 1 fully saturated rings. The summed E-state index contributed by atoms with van der Waals surface area (Å²) in [5.74, 6) is 0.609. The summed E-state index contributed by atoms with van der Waals surface area (Å²) in [5, 5.41) is 4.08. The van der Waals surface area contributed by atoms with Gasteiger partial charge in [0.1, 0.15) is 11.5 Å². The zero-order valence-corrected chi connectivity index (χ0v) is 23.6. The highest BCUT2D eigenvalue weighted by Gasteiger charge is 2.33. The summed E-state index contributed by atoms with van der Waals surface area (Å²) in [6, 6.07) is 23.3. The van der Waals surface area contributed by atoms with Gasteiger partial charge >= 0.3 is 0 Å². The third-order valence-corrected chi connectivity index (χ3v) is 8.70. The van der Waals surface area contributed by atoms with Gasteiger partial charge in [0, 0.05) is 55.1 Å². The molecule has 0 spiro atoms. The molecule has 0 radical (unpaired) electrons. The maximum absolute atomic E-state index is 13.6. The Morgan fingerprint density at radius 3 is 2.60 bits per heavy atom. The lowest BCUT2D eigenvalue weighted by Crippen LogP contribution is -2.47. The SMILES string of the molecule is CN1CCN(C(=O)c2ccc3nc(-c4cccc5c4-c4ccccc4C5NC(=O)c4ccnc5[nH]ccc45)[nH]c3c2)CC1. The Balaban J connectivity index is 1.16. The zero-order chi connectivity index (χ0) is 29.1. The van der Waals surface area contributed by atoms with Crippen LogP contribution in [0, 0.1) is 0 Å². The first-order chi connectivity index (χ1) is 21.0. The molecule has 4 heterocycles. The molecule has 3 aromatic carbocycles. The highest BCUT2D eigenvalue weighted by Crippen LogP contribution is 2.47. The normalized spacial score (nSPS) is 16.4. The number of nitrogens with one attached hydrogen (secondary N) is 3. The van der Waals surface area contributed by atoms with Crippen LogP contribution < -0.4 is 5.32 Å². The molecule has 1 aliphatic heterocycles. The predicted molar refractivity (Wildman–Crippen MR) is 166 cm³/mol. The highest BCUT2D eigenvalue weighted by atomic mass is 16.2. The van der Waals surface area contributed by atoms with Crippen LogP contribution in [-0.2, 0) is 0 Å². The Labute approximate surface area is 247 Å². The second kappa shape index (κ2) is 9.92. The molecule has 2 aliphatic rings. The summed E-state index contributed by atoms with van der Waals surface area (Å²) in [7, 11) is 2.08. The van der Waals surface area contributed by atoms with Crippen LogP contribution in [0.5, 0.6) is 0 Å². The van der Waals surface area contributed by atoms with Crippen molar-refractivity contribution in [3.63, 3.8) is 0 Å². The van der Waals surface area contributed by atoms with Crippen LogP contribution in [-0.4, -0.2) is 74.8 Å². The Kier molecular flexibility index (Phi) is 5.87. The molecular formula is C34H29N7O2. The van der Waals surface area contributed by atoms with Crippen LogP contribution in [0.1, 0.15) is 37.9 Å². The van der Waals surface area contributed by atoms with Gasteiger partial charge in [0.05, 0.1) is 22.6 Å². The van der Waals surface area contributed by atoms with Gasteiger partial charge in [-0.3, -0.25) is 9.59 Å². The van der Waals surface area contributed by atoms with E-state index in [-0.39, 0.29) is 17.9 Å². The molecule has 6 aromatic rings. The molecule has 1 saturated heterocycles. The van der Waals surface area contributed by atoms with Gasteiger partial charge in [0.15, 0.2) is 0 Å². The van der Waals surface area contributed by atoms with E-state index in [0.717, 1.165) is 76.2 Å². The molecule has 1 unspecified atom stereocenters. The van der Waals surface area contributed by atoms with E-state index in [1.165, 1.54) is 0 Å². The minimum Gasteiger partial charge on any atom is -0.346 e. The number of hydrogen-bond acceptors (Lipinski definition) is 5. The predicted octanol–water partition coefficient (Wildman–Crippen LogP) is 4.99. The lowest BCUT2D eigenvalue weighted by atomic mass is 9.98. The molecular weight excluding hydrogens is 538 g/mol. The standard InChI is InChI=1S/C34H29N7O2/c1-40-15-17-41(18-16-40)34(43)20-9-10-27-28(19-20)38-32(37-27)26-8-4-7-25-29(26)21-5-2-3-6-22(21)30(25)39-33(42)24-12-14-36-31-23(24)11-13-35-31/h2-14,19,30H,15-18H2,1H3,(H,35,36)(H,37,38)(H,39,42). The molecule has 3 N–H and O–H groups in total. The highest BCUT2D eigenvalue weighted by molar-refractivity contribution is 6.06. The van der Waals surface area contributed by atoms with Crippen molar-refractivity contribution in [2.45, 2.75) is 6.04 Å². The Morgan fingerprint density at radius 2 is 1.72 bits per heavy atom. The monoisotopic (exact) mass is 567 g/mol. The third-order valence-electron chi connectivity index (χ3n) is 8.70. The first-order valence-electron chi connectivity index (χ1n) is 14.5. The number of nitrogens with zero attached hydrogens (tertiary/aromatic N) is 4. The van der Waals surface area contributed by atoms with Crippen LogP contribution in [0.4, 0.5) is 0 Å². The average molecular weight is 568 g/mol.